The van der Waals surface area contributed by atoms with Crippen molar-refractivity contribution < 1.29 is 13.9 Å². The number of rotatable bonds is 4. The van der Waals surface area contributed by atoms with Crippen LogP contribution in [0.5, 0.6) is 5.75 Å². The molecule has 1 saturated heterocycles. The molecule has 3 aromatic rings. The summed E-state index contributed by atoms with van der Waals surface area (Å²) in [6.07, 6.45) is 1.34. The lowest BCUT2D eigenvalue weighted by atomic mass is 10.1. The number of aromatic nitrogens is 1. The molecule has 1 aliphatic heterocycles. The zero-order valence-corrected chi connectivity index (χ0v) is 16.0. The van der Waals surface area contributed by atoms with E-state index in [1.54, 1.807) is 7.11 Å². The normalized spacial score (nSPS) is 16.9. The Morgan fingerprint density at radius 1 is 1.11 bits per heavy atom. The van der Waals surface area contributed by atoms with E-state index in [-0.39, 0.29) is 11.9 Å². The number of hydrogen-bond donors (Lipinski definition) is 0. The van der Waals surface area contributed by atoms with Gasteiger partial charge in [0.25, 0.3) is 5.91 Å². The molecule has 4 rings (SSSR count). The number of benzene rings is 2. The van der Waals surface area contributed by atoms with Crippen LogP contribution in [-0.2, 0) is 0 Å². The first-order chi connectivity index (χ1) is 13.7. The number of carbonyl (C=O) groups is 1. The monoisotopic (exact) mass is 377 g/mol. The van der Waals surface area contributed by atoms with Crippen LogP contribution in [0.4, 0.5) is 5.69 Å². The van der Waals surface area contributed by atoms with E-state index in [0.29, 0.717) is 18.0 Å². The molecule has 28 heavy (non-hydrogen) atoms. The molecule has 1 amide bonds. The molecule has 144 valence electrons. The predicted molar refractivity (Wildman–Crippen MR) is 108 cm³/mol. The topological polar surface area (TPSA) is 58.8 Å². The van der Waals surface area contributed by atoms with Crippen molar-refractivity contribution in [3.63, 3.8) is 0 Å². The van der Waals surface area contributed by atoms with Gasteiger partial charge in [0.15, 0.2) is 17.8 Å². The highest BCUT2D eigenvalue weighted by atomic mass is 16.5. The van der Waals surface area contributed by atoms with Gasteiger partial charge < -0.3 is 19.0 Å². The molecule has 2 aromatic carbocycles. The molecule has 0 radical (unpaired) electrons. The maximum atomic E-state index is 13.2. The second-order valence-electron chi connectivity index (χ2n) is 6.86. The Balaban J connectivity index is 1.53. The minimum atomic E-state index is -0.0974. The first-order valence-electron chi connectivity index (χ1n) is 9.37. The van der Waals surface area contributed by atoms with Gasteiger partial charge in [0, 0.05) is 31.2 Å². The number of anilines is 1. The van der Waals surface area contributed by atoms with Gasteiger partial charge in [0.1, 0.15) is 5.75 Å². The smallest absolute Gasteiger partial charge is 0.276 e. The Morgan fingerprint density at radius 3 is 2.61 bits per heavy atom. The van der Waals surface area contributed by atoms with Crippen LogP contribution in [0.25, 0.3) is 11.3 Å². The Bertz CT molecular complexity index is 954. The highest BCUT2D eigenvalue weighted by Crippen LogP contribution is 2.30. The second-order valence-corrected chi connectivity index (χ2v) is 6.86. The molecule has 0 unspecified atom stereocenters. The lowest BCUT2D eigenvalue weighted by Crippen LogP contribution is -2.54. The molecular formula is C22H23N3O3. The van der Waals surface area contributed by atoms with Crippen LogP contribution in [0.15, 0.2) is 65.4 Å². The van der Waals surface area contributed by atoms with Crippen molar-refractivity contribution in [3.05, 3.63) is 66.7 Å². The van der Waals surface area contributed by atoms with Gasteiger partial charge in [-0.2, -0.15) is 0 Å². The third-order valence-corrected chi connectivity index (χ3v) is 5.12. The minimum Gasteiger partial charge on any atom is -0.495 e. The van der Waals surface area contributed by atoms with Crippen molar-refractivity contribution in [3.8, 4) is 17.1 Å². The molecule has 2 heterocycles. The quantitative estimate of drug-likeness (QED) is 0.694. The first kappa shape index (κ1) is 18.1. The van der Waals surface area contributed by atoms with Crippen molar-refractivity contribution in [1.29, 1.82) is 0 Å². The first-order valence-corrected chi connectivity index (χ1v) is 9.37. The fraction of sp³-hybridized carbons (Fsp3) is 0.273. The van der Waals surface area contributed by atoms with Gasteiger partial charge in [-0.15, -0.1) is 0 Å². The lowest BCUT2D eigenvalue weighted by Gasteiger charge is -2.41. The van der Waals surface area contributed by atoms with Crippen molar-refractivity contribution in [2.45, 2.75) is 13.0 Å². The van der Waals surface area contributed by atoms with Crippen molar-refractivity contribution in [2.24, 2.45) is 0 Å². The van der Waals surface area contributed by atoms with Gasteiger partial charge >= 0.3 is 0 Å². The number of amides is 1. The number of oxazole rings is 1. The van der Waals surface area contributed by atoms with Gasteiger partial charge in [-0.1, -0.05) is 42.5 Å². The van der Waals surface area contributed by atoms with Gasteiger partial charge in [0.05, 0.1) is 12.8 Å². The van der Waals surface area contributed by atoms with Crippen molar-refractivity contribution in [1.82, 2.24) is 9.88 Å². The van der Waals surface area contributed by atoms with Gasteiger partial charge in [-0.05, 0) is 19.1 Å². The third kappa shape index (κ3) is 3.33. The van der Waals surface area contributed by atoms with E-state index in [4.69, 9.17) is 9.15 Å². The maximum Gasteiger partial charge on any atom is 0.276 e. The average Bonchev–Trinajstić information content (AvgIpc) is 3.24. The number of nitrogens with zero attached hydrogens (tertiary/aromatic N) is 3. The molecule has 1 aliphatic rings. The number of ether oxygens (including phenoxy) is 1. The van der Waals surface area contributed by atoms with Gasteiger partial charge in [-0.3, -0.25) is 4.79 Å². The number of para-hydroxylation sites is 2. The standard InChI is InChI=1S/C22H23N3O3/c1-16-14-24(18-10-6-7-11-19(18)27-2)12-13-25(16)22(26)20-21(28-15-23-20)17-8-4-3-5-9-17/h3-11,15-16H,12-14H2,1-2H3/t16-/m1/s1. The van der Waals surface area contributed by atoms with Crippen LogP contribution in [0.3, 0.4) is 0 Å². The molecule has 1 aromatic heterocycles. The maximum absolute atomic E-state index is 13.2. The molecule has 0 saturated carbocycles. The summed E-state index contributed by atoms with van der Waals surface area (Å²) in [5.41, 5.74) is 2.27. The van der Waals surface area contributed by atoms with Crippen LogP contribution in [-0.4, -0.2) is 48.6 Å². The van der Waals surface area contributed by atoms with E-state index in [1.807, 2.05) is 59.5 Å². The van der Waals surface area contributed by atoms with E-state index in [0.717, 1.165) is 30.1 Å². The van der Waals surface area contributed by atoms with E-state index >= 15 is 0 Å². The summed E-state index contributed by atoms with van der Waals surface area (Å²) in [7, 11) is 1.68. The number of piperazine rings is 1. The Labute approximate surface area is 164 Å². The zero-order valence-electron chi connectivity index (χ0n) is 16.0. The summed E-state index contributed by atoms with van der Waals surface area (Å²) < 4.78 is 11.0. The summed E-state index contributed by atoms with van der Waals surface area (Å²) in [6, 6.07) is 17.6. The summed E-state index contributed by atoms with van der Waals surface area (Å²) in [6.45, 7) is 4.13. The van der Waals surface area contributed by atoms with E-state index in [1.165, 1.54) is 6.39 Å². The molecule has 6 nitrogen and oxygen atoms in total. The summed E-state index contributed by atoms with van der Waals surface area (Å²) >= 11 is 0. The highest BCUT2D eigenvalue weighted by Gasteiger charge is 2.32. The summed E-state index contributed by atoms with van der Waals surface area (Å²) in [4.78, 5) is 21.5. The number of carbonyl (C=O) groups excluding carboxylic acids is 1. The molecule has 1 atom stereocenters. The van der Waals surface area contributed by atoms with Crippen molar-refractivity contribution in [2.75, 3.05) is 31.6 Å². The molecular weight excluding hydrogens is 354 g/mol. The Hall–Kier alpha value is -3.28. The fourth-order valence-electron chi connectivity index (χ4n) is 3.70. The average molecular weight is 377 g/mol. The fourth-order valence-corrected chi connectivity index (χ4v) is 3.70. The molecule has 1 fully saturated rings. The van der Waals surface area contributed by atoms with Crippen LogP contribution in [0, 0.1) is 0 Å². The summed E-state index contributed by atoms with van der Waals surface area (Å²) in [5, 5.41) is 0. The van der Waals surface area contributed by atoms with Crippen LogP contribution in [0.2, 0.25) is 0 Å². The van der Waals surface area contributed by atoms with Crippen LogP contribution < -0.4 is 9.64 Å². The second kappa shape index (κ2) is 7.76. The third-order valence-electron chi connectivity index (χ3n) is 5.12. The van der Waals surface area contributed by atoms with Gasteiger partial charge in [0.2, 0.25) is 0 Å². The molecule has 0 bridgehead atoms. The largest absolute Gasteiger partial charge is 0.495 e. The minimum absolute atomic E-state index is 0.0338. The zero-order chi connectivity index (χ0) is 19.5. The van der Waals surface area contributed by atoms with E-state index < -0.39 is 0 Å². The Morgan fingerprint density at radius 2 is 1.86 bits per heavy atom. The number of hydrogen-bond acceptors (Lipinski definition) is 5. The van der Waals surface area contributed by atoms with E-state index in [9.17, 15) is 4.79 Å². The van der Waals surface area contributed by atoms with E-state index in [2.05, 4.69) is 16.8 Å². The molecule has 0 N–H and O–H groups in total. The Kier molecular flexibility index (Phi) is 5.02. The van der Waals surface area contributed by atoms with Crippen LogP contribution >= 0.6 is 0 Å². The molecule has 0 aliphatic carbocycles. The predicted octanol–water partition coefficient (Wildman–Crippen LogP) is 3.70. The lowest BCUT2D eigenvalue weighted by molar-refractivity contribution is 0.0669. The van der Waals surface area contributed by atoms with Gasteiger partial charge in [-0.25, -0.2) is 4.98 Å². The SMILES string of the molecule is COc1ccccc1N1CCN(C(=O)c2ncoc2-c2ccccc2)[C@H](C)C1. The highest BCUT2D eigenvalue weighted by molar-refractivity contribution is 5.98. The van der Waals surface area contributed by atoms with Crippen molar-refractivity contribution >= 4 is 11.6 Å². The summed E-state index contributed by atoms with van der Waals surface area (Å²) in [5.74, 6) is 1.27. The number of methoxy groups -OCH3 is 1. The molecule has 0 spiro atoms. The van der Waals surface area contributed by atoms with Crippen LogP contribution in [0.1, 0.15) is 17.4 Å². The molecule has 6 heteroatoms.